The fourth-order valence-electron chi connectivity index (χ4n) is 1.49. The van der Waals surface area contributed by atoms with Crippen LogP contribution in [0.5, 0.6) is 0 Å². The highest BCUT2D eigenvalue weighted by Gasteiger charge is 2.02. The Morgan fingerprint density at radius 2 is 2.29 bits per heavy atom. The SMILES string of the molecule is Cn1nccc1CNc1ccc(C#N)cc1Br. The van der Waals surface area contributed by atoms with Crippen LogP contribution in [0.15, 0.2) is 34.9 Å². The lowest BCUT2D eigenvalue weighted by atomic mass is 10.2. The van der Waals surface area contributed by atoms with Crippen LogP contribution in [0.2, 0.25) is 0 Å². The van der Waals surface area contributed by atoms with Crippen LogP contribution >= 0.6 is 15.9 Å². The second kappa shape index (κ2) is 5.02. The van der Waals surface area contributed by atoms with E-state index in [2.05, 4.69) is 32.4 Å². The molecule has 0 saturated heterocycles. The van der Waals surface area contributed by atoms with E-state index in [0.717, 1.165) is 15.9 Å². The van der Waals surface area contributed by atoms with Crippen molar-refractivity contribution >= 4 is 21.6 Å². The van der Waals surface area contributed by atoms with Gasteiger partial charge in [-0.3, -0.25) is 4.68 Å². The fourth-order valence-corrected chi connectivity index (χ4v) is 2.01. The van der Waals surface area contributed by atoms with Gasteiger partial charge in [-0.15, -0.1) is 0 Å². The molecule has 2 rings (SSSR count). The molecule has 0 atom stereocenters. The van der Waals surface area contributed by atoms with Crippen molar-refractivity contribution in [1.82, 2.24) is 9.78 Å². The van der Waals surface area contributed by atoms with Crippen LogP contribution in [0.1, 0.15) is 11.3 Å². The predicted molar refractivity (Wildman–Crippen MR) is 69.4 cm³/mol. The number of benzene rings is 1. The van der Waals surface area contributed by atoms with Crippen LogP contribution in [0.4, 0.5) is 5.69 Å². The fraction of sp³-hybridized carbons (Fsp3) is 0.167. The number of hydrogen-bond acceptors (Lipinski definition) is 3. The Morgan fingerprint density at radius 1 is 1.47 bits per heavy atom. The zero-order valence-corrected chi connectivity index (χ0v) is 10.9. The summed E-state index contributed by atoms with van der Waals surface area (Å²) >= 11 is 3.43. The molecule has 1 N–H and O–H groups in total. The molecule has 0 aliphatic carbocycles. The lowest BCUT2D eigenvalue weighted by Gasteiger charge is -2.08. The monoisotopic (exact) mass is 290 g/mol. The third-order valence-electron chi connectivity index (χ3n) is 2.48. The largest absolute Gasteiger partial charge is 0.378 e. The van der Waals surface area contributed by atoms with Crippen molar-refractivity contribution in [2.75, 3.05) is 5.32 Å². The Kier molecular flexibility index (Phi) is 3.45. The molecule has 0 radical (unpaired) electrons. The van der Waals surface area contributed by atoms with Crippen LogP contribution in [0.3, 0.4) is 0 Å². The summed E-state index contributed by atoms with van der Waals surface area (Å²) in [5.74, 6) is 0. The first-order valence-corrected chi connectivity index (χ1v) is 5.90. The first kappa shape index (κ1) is 11.7. The van der Waals surface area contributed by atoms with E-state index in [1.54, 1.807) is 18.3 Å². The summed E-state index contributed by atoms with van der Waals surface area (Å²) in [6, 6.07) is 9.54. The van der Waals surface area contributed by atoms with Gasteiger partial charge in [0.2, 0.25) is 0 Å². The molecule has 0 aliphatic rings. The summed E-state index contributed by atoms with van der Waals surface area (Å²) in [6.07, 6.45) is 1.77. The molecule has 5 heteroatoms. The molecule has 0 bridgehead atoms. The molecule has 1 aromatic carbocycles. The standard InChI is InChI=1S/C12H11BrN4/c1-17-10(4-5-16-17)8-15-12-3-2-9(7-14)6-11(12)13/h2-6,15H,8H2,1H3. The highest BCUT2D eigenvalue weighted by molar-refractivity contribution is 9.10. The Bertz CT molecular complexity index is 568. The third kappa shape index (κ3) is 2.66. The van der Waals surface area contributed by atoms with Crippen LogP contribution < -0.4 is 5.32 Å². The van der Waals surface area contributed by atoms with Crippen molar-refractivity contribution in [2.45, 2.75) is 6.54 Å². The van der Waals surface area contributed by atoms with E-state index in [4.69, 9.17) is 5.26 Å². The zero-order chi connectivity index (χ0) is 12.3. The first-order valence-electron chi connectivity index (χ1n) is 5.11. The number of nitrogens with zero attached hydrogens (tertiary/aromatic N) is 3. The smallest absolute Gasteiger partial charge is 0.0992 e. The molecule has 0 saturated carbocycles. The highest BCUT2D eigenvalue weighted by Crippen LogP contribution is 2.23. The predicted octanol–water partition coefficient (Wildman–Crippen LogP) is 2.67. The molecule has 1 aromatic heterocycles. The maximum atomic E-state index is 8.77. The van der Waals surface area contributed by atoms with Gasteiger partial charge >= 0.3 is 0 Å². The van der Waals surface area contributed by atoms with Crippen LogP contribution in [-0.4, -0.2) is 9.78 Å². The molecule has 0 amide bonds. The molecule has 0 spiro atoms. The lowest BCUT2D eigenvalue weighted by Crippen LogP contribution is -2.05. The second-order valence-electron chi connectivity index (χ2n) is 3.61. The van der Waals surface area contributed by atoms with Gasteiger partial charge in [0, 0.05) is 23.4 Å². The van der Waals surface area contributed by atoms with Gasteiger partial charge < -0.3 is 5.32 Å². The summed E-state index contributed by atoms with van der Waals surface area (Å²) in [5.41, 5.74) is 2.70. The Balaban J connectivity index is 2.10. The molecule has 17 heavy (non-hydrogen) atoms. The average Bonchev–Trinajstić information content (AvgIpc) is 2.73. The number of hydrogen-bond donors (Lipinski definition) is 1. The van der Waals surface area contributed by atoms with E-state index in [0.29, 0.717) is 12.1 Å². The lowest BCUT2D eigenvalue weighted by molar-refractivity contribution is 0.720. The normalized spacial score (nSPS) is 9.94. The van der Waals surface area contributed by atoms with Crippen molar-refractivity contribution in [3.8, 4) is 6.07 Å². The quantitative estimate of drug-likeness (QED) is 0.946. The van der Waals surface area contributed by atoms with Crippen molar-refractivity contribution in [3.63, 3.8) is 0 Å². The van der Waals surface area contributed by atoms with E-state index in [1.165, 1.54) is 0 Å². The van der Waals surface area contributed by atoms with E-state index in [-0.39, 0.29) is 0 Å². The molecule has 86 valence electrons. The van der Waals surface area contributed by atoms with E-state index < -0.39 is 0 Å². The number of halogens is 1. The number of aromatic nitrogens is 2. The minimum Gasteiger partial charge on any atom is -0.378 e. The van der Waals surface area contributed by atoms with Crippen molar-refractivity contribution in [1.29, 1.82) is 5.26 Å². The summed E-state index contributed by atoms with van der Waals surface area (Å²) in [5, 5.41) is 16.2. The van der Waals surface area contributed by atoms with Crippen LogP contribution in [0.25, 0.3) is 0 Å². The Hall–Kier alpha value is -1.80. The minimum absolute atomic E-state index is 0.642. The topological polar surface area (TPSA) is 53.6 Å². The number of rotatable bonds is 3. The summed E-state index contributed by atoms with van der Waals surface area (Å²) in [4.78, 5) is 0. The van der Waals surface area contributed by atoms with E-state index in [1.807, 2.05) is 23.9 Å². The van der Waals surface area contributed by atoms with Gasteiger partial charge in [0.25, 0.3) is 0 Å². The molecule has 0 unspecified atom stereocenters. The molecule has 2 aromatic rings. The van der Waals surface area contributed by atoms with Gasteiger partial charge in [0.05, 0.1) is 23.9 Å². The van der Waals surface area contributed by atoms with Crippen molar-refractivity contribution in [3.05, 3.63) is 46.2 Å². The molecule has 0 aliphatic heterocycles. The van der Waals surface area contributed by atoms with Gasteiger partial charge in [-0.25, -0.2) is 0 Å². The molecular weight excluding hydrogens is 280 g/mol. The number of nitrogens with one attached hydrogen (secondary N) is 1. The maximum Gasteiger partial charge on any atom is 0.0992 e. The maximum absolute atomic E-state index is 8.77. The van der Waals surface area contributed by atoms with Gasteiger partial charge in [-0.1, -0.05) is 0 Å². The van der Waals surface area contributed by atoms with Gasteiger partial charge in [0.1, 0.15) is 0 Å². The number of nitriles is 1. The number of aryl methyl sites for hydroxylation is 1. The van der Waals surface area contributed by atoms with Gasteiger partial charge in [0.15, 0.2) is 0 Å². The number of anilines is 1. The molecule has 0 fully saturated rings. The zero-order valence-electron chi connectivity index (χ0n) is 9.31. The molecular formula is C12H11BrN4. The second-order valence-corrected chi connectivity index (χ2v) is 4.46. The van der Waals surface area contributed by atoms with Crippen LogP contribution in [0, 0.1) is 11.3 Å². The Morgan fingerprint density at radius 3 is 2.88 bits per heavy atom. The third-order valence-corrected chi connectivity index (χ3v) is 3.14. The summed E-state index contributed by atoms with van der Waals surface area (Å²) < 4.78 is 2.71. The van der Waals surface area contributed by atoms with Gasteiger partial charge in [-0.2, -0.15) is 10.4 Å². The summed E-state index contributed by atoms with van der Waals surface area (Å²) in [7, 11) is 1.91. The van der Waals surface area contributed by atoms with Gasteiger partial charge in [-0.05, 0) is 40.2 Å². The average molecular weight is 291 g/mol. The molecule has 1 heterocycles. The van der Waals surface area contributed by atoms with Crippen molar-refractivity contribution in [2.24, 2.45) is 7.05 Å². The van der Waals surface area contributed by atoms with E-state index in [9.17, 15) is 0 Å². The van der Waals surface area contributed by atoms with E-state index >= 15 is 0 Å². The first-order chi connectivity index (χ1) is 8.20. The minimum atomic E-state index is 0.642. The Labute approximate surface area is 108 Å². The molecule has 4 nitrogen and oxygen atoms in total. The highest BCUT2D eigenvalue weighted by atomic mass is 79.9. The summed E-state index contributed by atoms with van der Waals surface area (Å²) in [6.45, 7) is 0.695. The van der Waals surface area contributed by atoms with Crippen LogP contribution in [-0.2, 0) is 13.6 Å². The van der Waals surface area contributed by atoms with Crippen molar-refractivity contribution < 1.29 is 0 Å².